The molecule has 7 aliphatic rings. The fourth-order valence-corrected chi connectivity index (χ4v) is 25.4. The molecule has 0 spiro atoms. The first-order valence-corrected chi connectivity index (χ1v) is 25.9. The van der Waals surface area contributed by atoms with Gasteiger partial charge in [-0.25, -0.2) is 0 Å². The third-order valence-corrected chi connectivity index (χ3v) is 25.1. The molecule has 7 rings (SSSR count). The van der Waals surface area contributed by atoms with Crippen molar-refractivity contribution in [3.63, 3.8) is 0 Å². The predicted molar refractivity (Wildman–Crippen MR) is 211 cm³/mol. The summed E-state index contributed by atoms with van der Waals surface area (Å²) in [6, 6.07) is 0. The monoisotopic (exact) mass is 681 g/mol. The van der Waals surface area contributed by atoms with Crippen LogP contribution in [-0.4, -0.2) is 18.6 Å². The van der Waals surface area contributed by atoms with Gasteiger partial charge in [0, 0.05) is 10.5 Å². The van der Waals surface area contributed by atoms with E-state index in [1.807, 2.05) is 0 Å². The second kappa shape index (κ2) is 13.5. The van der Waals surface area contributed by atoms with E-state index in [4.69, 9.17) is 0 Å². The molecule has 7 fully saturated rings. The molecule has 11 unspecified atom stereocenters. The quantitative estimate of drug-likeness (QED) is 0.260. The summed E-state index contributed by atoms with van der Waals surface area (Å²) >= 11 is 2.59. The Bertz CT molecular complexity index is 1040. The van der Waals surface area contributed by atoms with Crippen molar-refractivity contribution in [3.8, 4) is 0 Å². The van der Waals surface area contributed by atoms with Crippen LogP contribution in [0.15, 0.2) is 0 Å². The van der Waals surface area contributed by atoms with Crippen LogP contribution in [0.3, 0.4) is 0 Å². The van der Waals surface area contributed by atoms with Gasteiger partial charge in [0.05, 0.1) is 8.07 Å². The maximum Gasteiger partial charge on any atom is 0.0555 e. The minimum atomic E-state index is -1.51. The summed E-state index contributed by atoms with van der Waals surface area (Å²) in [5.74, 6) is 12.5. The van der Waals surface area contributed by atoms with Crippen LogP contribution in [0.4, 0.5) is 0 Å². The summed E-state index contributed by atoms with van der Waals surface area (Å²) in [6.07, 6.45) is 26.5. The summed E-state index contributed by atoms with van der Waals surface area (Å²) in [5.41, 5.74) is 3.22. The number of fused-ring (bicyclic) bond motifs is 2. The molecular formula is C45H80SSi. The van der Waals surface area contributed by atoms with Gasteiger partial charge in [0.25, 0.3) is 0 Å². The Morgan fingerprint density at radius 3 is 1.60 bits per heavy atom. The van der Waals surface area contributed by atoms with Gasteiger partial charge in [0.15, 0.2) is 0 Å². The van der Waals surface area contributed by atoms with Crippen molar-refractivity contribution in [2.45, 2.75) is 199 Å². The fraction of sp³-hybridized carbons (Fsp3) is 1.00. The van der Waals surface area contributed by atoms with Crippen LogP contribution in [0.1, 0.15) is 165 Å². The maximum atomic E-state index is 3.02. The second-order valence-electron chi connectivity index (χ2n) is 22.5. The molecule has 1 saturated heterocycles. The molecule has 0 radical (unpaired) electrons. The number of hydrogen-bond donors (Lipinski definition) is 0. The van der Waals surface area contributed by atoms with Crippen molar-refractivity contribution in [1.82, 2.24) is 0 Å². The summed E-state index contributed by atoms with van der Waals surface area (Å²) in [5, 5.41) is 1.93. The normalized spacial score (nSPS) is 48.5. The molecule has 2 heteroatoms. The van der Waals surface area contributed by atoms with E-state index in [1.54, 1.807) is 83.5 Å². The van der Waals surface area contributed by atoms with Crippen molar-refractivity contribution in [2.75, 3.05) is 0 Å². The van der Waals surface area contributed by atoms with Gasteiger partial charge in [0.1, 0.15) is 0 Å². The van der Waals surface area contributed by atoms with Gasteiger partial charge in [-0.15, -0.1) is 0 Å². The zero-order valence-corrected chi connectivity index (χ0v) is 35.0. The van der Waals surface area contributed by atoms with Crippen LogP contribution in [-0.2, 0) is 0 Å². The van der Waals surface area contributed by atoms with E-state index in [9.17, 15) is 0 Å². The molecule has 0 aromatic carbocycles. The van der Waals surface area contributed by atoms with Gasteiger partial charge in [-0.05, 0) is 164 Å². The highest BCUT2D eigenvalue weighted by atomic mass is 32.2. The minimum Gasteiger partial charge on any atom is -0.155 e. The lowest BCUT2D eigenvalue weighted by atomic mass is 9.61. The first-order chi connectivity index (χ1) is 22.2. The Kier molecular flexibility index (Phi) is 10.3. The smallest absolute Gasteiger partial charge is 0.0555 e. The molecule has 0 nitrogen and oxygen atoms in total. The van der Waals surface area contributed by atoms with E-state index in [0.29, 0.717) is 10.8 Å². The summed E-state index contributed by atoms with van der Waals surface area (Å²) in [6.45, 7) is 26.7. The first-order valence-electron chi connectivity index (χ1n) is 21.8. The molecule has 47 heavy (non-hydrogen) atoms. The van der Waals surface area contributed by atoms with E-state index >= 15 is 0 Å². The molecule has 0 aromatic heterocycles. The van der Waals surface area contributed by atoms with Gasteiger partial charge in [-0.3, -0.25) is 0 Å². The molecular weight excluding hydrogens is 601 g/mol. The van der Waals surface area contributed by atoms with Gasteiger partial charge >= 0.3 is 0 Å². The zero-order chi connectivity index (χ0) is 33.5. The van der Waals surface area contributed by atoms with Crippen LogP contribution in [0.25, 0.3) is 0 Å². The highest BCUT2D eigenvalue weighted by Crippen LogP contribution is 2.70. The molecule has 1 heterocycles. The van der Waals surface area contributed by atoms with Crippen LogP contribution in [0.5, 0.6) is 0 Å². The van der Waals surface area contributed by atoms with Gasteiger partial charge in [-0.2, -0.15) is 11.8 Å². The van der Waals surface area contributed by atoms with Crippen LogP contribution in [0.2, 0.25) is 24.2 Å². The van der Waals surface area contributed by atoms with Crippen LogP contribution in [0, 0.1) is 81.8 Å². The number of hydrogen-bond acceptors (Lipinski definition) is 1. The SMILES string of the molecule is CC1CC2C(C3CCC(C(C)(C)C)CC3)CCCC2C1[Si](C)(C)C1C(C2CCCC2)CC2C1SC(C)C2C1CCC(C(C)(C)C)CC1. The lowest BCUT2D eigenvalue weighted by Gasteiger charge is -2.49. The number of rotatable bonds is 5. The standard InChI is InChI=1S/C45H80SSi/c1-28-26-38-35(31-18-22-33(23-19-31)44(3,4)5)16-13-17-36(38)42(28)47(9,10)43-37(30-14-11-12-15-30)27-39-40(29(2)46-41(39)43)32-20-24-34(25-21-32)45(6,7)8/h28-43H,11-27H2,1-10H3. The summed E-state index contributed by atoms with van der Waals surface area (Å²) in [4.78, 5) is 0. The lowest BCUT2D eigenvalue weighted by molar-refractivity contribution is 0.0638. The van der Waals surface area contributed by atoms with E-state index in [1.165, 1.54) is 25.7 Å². The molecule has 0 amide bonds. The van der Waals surface area contributed by atoms with E-state index < -0.39 is 8.07 Å². The van der Waals surface area contributed by atoms with Crippen molar-refractivity contribution in [3.05, 3.63) is 0 Å². The Balaban J connectivity index is 1.11. The largest absolute Gasteiger partial charge is 0.155 e. The highest BCUT2D eigenvalue weighted by molar-refractivity contribution is 8.00. The molecule has 6 saturated carbocycles. The molecule has 270 valence electrons. The molecule has 6 aliphatic carbocycles. The number of thioether (sulfide) groups is 1. The second-order valence-corrected chi connectivity index (χ2v) is 29.0. The molecule has 0 aromatic rings. The molecule has 0 bridgehead atoms. The Morgan fingerprint density at radius 2 is 1.02 bits per heavy atom. The highest BCUT2D eigenvalue weighted by Gasteiger charge is 2.64. The minimum absolute atomic E-state index is 0.505. The predicted octanol–water partition coefficient (Wildman–Crippen LogP) is 14.2. The third kappa shape index (κ3) is 6.69. The van der Waals surface area contributed by atoms with Gasteiger partial charge in [0.2, 0.25) is 0 Å². The van der Waals surface area contributed by atoms with Gasteiger partial charge in [-0.1, -0.05) is 107 Å². The summed E-state index contributed by atoms with van der Waals surface area (Å²) < 4.78 is 0. The lowest BCUT2D eigenvalue weighted by Crippen LogP contribution is -2.48. The first kappa shape index (κ1) is 35.9. The fourth-order valence-electron chi connectivity index (χ4n) is 15.9. The van der Waals surface area contributed by atoms with E-state index in [2.05, 4.69) is 80.2 Å². The molecule has 0 N–H and O–H groups in total. The Labute approximate surface area is 299 Å². The van der Waals surface area contributed by atoms with Crippen molar-refractivity contribution in [1.29, 1.82) is 0 Å². The van der Waals surface area contributed by atoms with Crippen LogP contribution < -0.4 is 0 Å². The molecule has 1 aliphatic heterocycles. The Morgan fingerprint density at radius 1 is 0.489 bits per heavy atom. The van der Waals surface area contributed by atoms with Crippen LogP contribution >= 0.6 is 11.8 Å². The zero-order valence-electron chi connectivity index (χ0n) is 33.2. The van der Waals surface area contributed by atoms with Gasteiger partial charge < -0.3 is 0 Å². The average Bonchev–Trinajstić information content (AvgIpc) is 3.78. The average molecular weight is 681 g/mol. The van der Waals surface area contributed by atoms with E-state index in [-0.39, 0.29) is 0 Å². The Hall–Kier alpha value is 0.567. The summed E-state index contributed by atoms with van der Waals surface area (Å²) in [7, 11) is -1.51. The maximum absolute atomic E-state index is 3.02. The van der Waals surface area contributed by atoms with Crippen molar-refractivity contribution < 1.29 is 0 Å². The van der Waals surface area contributed by atoms with Crippen molar-refractivity contribution >= 4 is 19.8 Å². The third-order valence-electron chi connectivity index (χ3n) is 17.9. The molecule has 11 atom stereocenters. The van der Waals surface area contributed by atoms with Crippen molar-refractivity contribution in [2.24, 2.45) is 81.8 Å². The van der Waals surface area contributed by atoms with E-state index in [0.717, 1.165) is 92.6 Å². The topological polar surface area (TPSA) is 0 Å².